The van der Waals surface area contributed by atoms with Crippen molar-refractivity contribution in [2.45, 2.75) is 77.7 Å². The number of benzene rings is 2. The van der Waals surface area contributed by atoms with E-state index < -0.39 is 19.3 Å². The van der Waals surface area contributed by atoms with Crippen molar-refractivity contribution in [2.75, 3.05) is 6.54 Å². The lowest BCUT2D eigenvalue weighted by Crippen LogP contribution is -2.44. The zero-order valence-corrected chi connectivity index (χ0v) is 23.5. The lowest BCUT2D eigenvalue weighted by Gasteiger charge is -2.32. The number of aromatic amines is 1. The van der Waals surface area contributed by atoms with Crippen LogP contribution < -0.4 is 11.2 Å². The summed E-state index contributed by atoms with van der Waals surface area (Å²) >= 11 is 0. The average Bonchev–Trinajstić information content (AvgIpc) is 3.59. The number of nitrogens with one attached hydrogen (secondary N) is 1. The maximum Gasteiger partial charge on any atom is 0.494 e. The van der Waals surface area contributed by atoms with Crippen LogP contribution in [0.5, 0.6) is 0 Å². The SMILES string of the molecule is CC(C)[C@H](OC(N)=O)C(=O)N1CCC[C@H]1c1ncc(-c2ccc3cc(B4OC(C)(C)C(C)(C)O4)ccc3c2)[nH]1. The fraction of sp³-hybridized carbons (Fsp3) is 0.483. The first kappa shape index (κ1) is 27.2. The molecule has 3 N–H and O–H groups in total. The van der Waals surface area contributed by atoms with Crippen LogP contribution >= 0.6 is 0 Å². The van der Waals surface area contributed by atoms with Crippen LogP contribution in [0.15, 0.2) is 42.6 Å². The second kappa shape index (κ2) is 9.99. The molecule has 0 saturated carbocycles. The number of nitrogens with two attached hydrogens (primary N) is 1. The predicted octanol–water partition coefficient (Wildman–Crippen LogP) is 4.31. The number of fused-ring (bicyclic) bond motifs is 1. The third-order valence-corrected chi connectivity index (χ3v) is 8.24. The van der Waals surface area contributed by atoms with Crippen molar-refractivity contribution in [1.82, 2.24) is 14.9 Å². The molecule has 2 aromatic carbocycles. The number of rotatable bonds is 6. The molecule has 2 fully saturated rings. The number of amides is 2. The lowest BCUT2D eigenvalue weighted by atomic mass is 9.78. The Labute approximate surface area is 229 Å². The Hall–Kier alpha value is -3.37. The van der Waals surface area contributed by atoms with Crippen molar-refractivity contribution in [3.63, 3.8) is 0 Å². The molecule has 2 atom stereocenters. The van der Waals surface area contributed by atoms with E-state index in [-0.39, 0.29) is 29.1 Å². The summed E-state index contributed by atoms with van der Waals surface area (Å²) in [6.07, 6.45) is 1.56. The summed E-state index contributed by atoms with van der Waals surface area (Å²) < 4.78 is 17.6. The van der Waals surface area contributed by atoms with Gasteiger partial charge in [-0.1, -0.05) is 44.2 Å². The number of imidazole rings is 1. The van der Waals surface area contributed by atoms with Gasteiger partial charge < -0.3 is 29.7 Å². The number of hydrogen-bond acceptors (Lipinski definition) is 6. The summed E-state index contributed by atoms with van der Waals surface area (Å²) in [5.41, 5.74) is 7.30. The van der Waals surface area contributed by atoms with Gasteiger partial charge >= 0.3 is 13.2 Å². The summed E-state index contributed by atoms with van der Waals surface area (Å²) in [4.78, 5) is 34.4. The minimum Gasteiger partial charge on any atom is -0.436 e. The quantitative estimate of drug-likeness (QED) is 0.457. The van der Waals surface area contributed by atoms with E-state index in [1.807, 2.05) is 19.9 Å². The van der Waals surface area contributed by atoms with E-state index in [1.165, 1.54) is 0 Å². The Bertz CT molecular complexity index is 1390. The number of nitrogens with zero attached hydrogens (tertiary/aromatic N) is 2. The topological polar surface area (TPSA) is 120 Å². The molecule has 3 aromatic rings. The predicted molar refractivity (Wildman–Crippen MR) is 150 cm³/mol. The molecule has 0 radical (unpaired) electrons. The zero-order chi connectivity index (χ0) is 28.1. The van der Waals surface area contributed by atoms with Gasteiger partial charge in [-0.05, 0) is 68.8 Å². The first-order chi connectivity index (χ1) is 18.4. The van der Waals surface area contributed by atoms with E-state index in [9.17, 15) is 9.59 Å². The standard InChI is InChI=1S/C29H37BN4O5/c1-17(2)24(37-27(31)36)26(35)34-13-7-8-23(34)25-32-16-22(33-25)20-10-9-19-15-21(12-11-18(19)14-20)30-38-28(3,4)29(5,6)39-30/h9-12,14-17,23-24H,7-8,13H2,1-6H3,(H2,31,36)(H,32,33)/t23-,24-/m0/s1. The highest BCUT2D eigenvalue weighted by atomic mass is 16.7. The summed E-state index contributed by atoms with van der Waals surface area (Å²) in [6, 6.07) is 12.3. The lowest BCUT2D eigenvalue weighted by molar-refractivity contribution is -0.143. The minimum atomic E-state index is -0.947. The van der Waals surface area contributed by atoms with Crippen molar-refractivity contribution in [3.05, 3.63) is 48.4 Å². The monoisotopic (exact) mass is 532 g/mol. The van der Waals surface area contributed by atoms with Crippen molar-refractivity contribution in [3.8, 4) is 11.3 Å². The molecular weight excluding hydrogens is 495 g/mol. The molecule has 2 saturated heterocycles. The smallest absolute Gasteiger partial charge is 0.436 e. The van der Waals surface area contributed by atoms with E-state index in [0.717, 1.165) is 40.3 Å². The molecule has 206 valence electrons. The zero-order valence-electron chi connectivity index (χ0n) is 23.5. The maximum absolute atomic E-state index is 13.3. The number of primary amides is 1. The van der Waals surface area contributed by atoms with Crippen LogP contribution in [0.4, 0.5) is 4.79 Å². The van der Waals surface area contributed by atoms with Crippen LogP contribution in [0.2, 0.25) is 0 Å². The average molecular weight is 532 g/mol. The number of hydrogen-bond donors (Lipinski definition) is 2. The van der Waals surface area contributed by atoms with Crippen molar-refractivity contribution < 1.29 is 23.6 Å². The third kappa shape index (κ3) is 5.15. The van der Waals surface area contributed by atoms with E-state index in [4.69, 9.17) is 19.8 Å². The van der Waals surface area contributed by atoms with Crippen LogP contribution in [0.3, 0.4) is 0 Å². The van der Waals surface area contributed by atoms with E-state index in [0.29, 0.717) is 12.4 Å². The second-order valence-electron chi connectivity index (χ2n) is 11.9. The first-order valence-electron chi connectivity index (χ1n) is 13.6. The molecule has 9 nitrogen and oxygen atoms in total. The van der Waals surface area contributed by atoms with Crippen molar-refractivity contribution in [1.29, 1.82) is 0 Å². The Morgan fingerprint density at radius 3 is 2.44 bits per heavy atom. The molecule has 10 heteroatoms. The van der Waals surface area contributed by atoms with Gasteiger partial charge in [0.25, 0.3) is 5.91 Å². The molecular formula is C29H37BN4O5. The van der Waals surface area contributed by atoms with Gasteiger partial charge in [-0.2, -0.15) is 0 Å². The molecule has 0 bridgehead atoms. The number of carbonyl (C=O) groups is 2. The van der Waals surface area contributed by atoms with Crippen LogP contribution in [-0.4, -0.2) is 57.8 Å². The van der Waals surface area contributed by atoms with Gasteiger partial charge in [0.05, 0.1) is 29.1 Å². The molecule has 5 rings (SSSR count). The van der Waals surface area contributed by atoms with E-state index in [1.54, 1.807) is 11.1 Å². The van der Waals surface area contributed by atoms with Gasteiger partial charge in [-0.15, -0.1) is 0 Å². The Kier molecular flexibility index (Phi) is 6.97. The fourth-order valence-corrected chi connectivity index (χ4v) is 5.29. The van der Waals surface area contributed by atoms with Crippen molar-refractivity contribution >= 4 is 35.4 Å². The highest BCUT2D eigenvalue weighted by Crippen LogP contribution is 2.37. The Morgan fingerprint density at radius 2 is 1.77 bits per heavy atom. The van der Waals surface area contributed by atoms with Crippen LogP contribution in [0, 0.1) is 5.92 Å². The van der Waals surface area contributed by atoms with Gasteiger partial charge in [0, 0.05) is 12.1 Å². The van der Waals surface area contributed by atoms with E-state index >= 15 is 0 Å². The number of ether oxygens (including phenoxy) is 1. The molecule has 2 amide bonds. The van der Waals surface area contributed by atoms with Gasteiger partial charge in [0.2, 0.25) is 0 Å². The number of H-pyrrole nitrogens is 1. The number of carbonyl (C=O) groups excluding carboxylic acids is 2. The second-order valence-corrected chi connectivity index (χ2v) is 11.9. The molecule has 2 aliphatic heterocycles. The third-order valence-electron chi connectivity index (χ3n) is 8.24. The van der Waals surface area contributed by atoms with Gasteiger partial charge in [-0.25, -0.2) is 9.78 Å². The van der Waals surface area contributed by atoms with Gasteiger partial charge in [0.15, 0.2) is 6.10 Å². The summed E-state index contributed by atoms with van der Waals surface area (Å²) in [5, 5.41) is 2.18. The number of aromatic nitrogens is 2. The maximum atomic E-state index is 13.3. The molecule has 1 aromatic heterocycles. The molecule has 0 unspecified atom stereocenters. The van der Waals surface area contributed by atoms with Crippen LogP contribution in [0.1, 0.15) is 66.3 Å². The van der Waals surface area contributed by atoms with Crippen molar-refractivity contribution in [2.24, 2.45) is 11.7 Å². The Morgan fingerprint density at radius 1 is 1.10 bits per heavy atom. The summed E-state index contributed by atoms with van der Waals surface area (Å²) in [6.45, 7) is 12.5. The molecule has 0 aliphatic carbocycles. The van der Waals surface area contributed by atoms with Gasteiger partial charge in [-0.3, -0.25) is 4.79 Å². The highest BCUT2D eigenvalue weighted by Gasteiger charge is 2.51. The minimum absolute atomic E-state index is 0.193. The normalized spacial score (nSPS) is 21.1. The molecule has 2 aliphatic rings. The molecule has 0 spiro atoms. The summed E-state index contributed by atoms with van der Waals surface area (Å²) in [7, 11) is -0.407. The Balaban J connectivity index is 1.35. The first-order valence-corrected chi connectivity index (χ1v) is 13.6. The van der Waals surface area contributed by atoms with Crippen LogP contribution in [-0.2, 0) is 18.8 Å². The van der Waals surface area contributed by atoms with E-state index in [2.05, 4.69) is 68.0 Å². The fourth-order valence-electron chi connectivity index (χ4n) is 5.29. The molecule has 3 heterocycles. The largest absolute Gasteiger partial charge is 0.494 e. The van der Waals surface area contributed by atoms with Gasteiger partial charge in [0.1, 0.15) is 5.82 Å². The number of likely N-dealkylation sites (tertiary alicyclic amines) is 1. The summed E-state index contributed by atoms with van der Waals surface area (Å²) in [5.74, 6) is 0.280. The van der Waals surface area contributed by atoms with Crippen LogP contribution in [0.25, 0.3) is 22.0 Å². The molecule has 39 heavy (non-hydrogen) atoms. The highest BCUT2D eigenvalue weighted by molar-refractivity contribution is 6.62.